The van der Waals surface area contributed by atoms with Crippen LogP contribution in [0.1, 0.15) is 17.2 Å². The number of nitrogens with one attached hydrogen (secondary N) is 1. The van der Waals surface area contributed by atoms with Crippen LogP contribution < -0.4 is 10.1 Å². The van der Waals surface area contributed by atoms with Gasteiger partial charge in [0.1, 0.15) is 5.82 Å². The lowest BCUT2D eigenvalue weighted by molar-refractivity contribution is 0.174. The van der Waals surface area contributed by atoms with Crippen LogP contribution in [0.4, 0.5) is 8.78 Å². The standard InChI is InChI=1S/C16H16ClF2NO2/c1-22-16-5-2-10(6-14(16)19)8-20-9-15(21)11-3-4-12(17)13(18)7-11/h2-7,15,20-21H,8-9H2,1H3. The Morgan fingerprint density at radius 2 is 1.95 bits per heavy atom. The molecule has 2 rings (SSSR count). The molecule has 2 aromatic rings. The van der Waals surface area contributed by atoms with Crippen molar-refractivity contribution in [3.8, 4) is 5.75 Å². The molecule has 3 nitrogen and oxygen atoms in total. The number of hydrogen-bond acceptors (Lipinski definition) is 3. The molecular formula is C16H16ClF2NO2. The third-order valence-electron chi connectivity index (χ3n) is 3.21. The number of rotatable bonds is 6. The second kappa shape index (κ2) is 7.54. The minimum absolute atomic E-state index is 0.0117. The summed E-state index contributed by atoms with van der Waals surface area (Å²) in [5.74, 6) is -0.835. The average Bonchev–Trinajstić information content (AvgIpc) is 2.50. The topological polar surface area (TPSA) is 41.5 Å². The molecule has 0 aliphatic carbocycles. The van der Waals surface area contributed by atoms with Gasteiger partial charge in [-0.05, 0) is 35.4 Å². The number of ether oxygens (including phenoxy) is 1. The van der Waals surface area contributed by atoms with E-state index in [2.05, 4.69) is 5.32 Å². The minimum atomic E-state index is -0.880. The number of hydrogen-bond donors (Lipinski definition) is 2. The van der Waals surface area contributed by atoms with Gasteiger partial charge in [-0.2, -0.15) is 0 Å². The first kappa shape index (κ1) is 16.7. The Balaban J connectivity index is 1.90. The van der Waals surface area contributed by atoms with Crippen LogP contribution in [-0.4, -0.2) is 18.8 Å². The van der Waals surface area contributed by atoms with E-state index >= 15 is 0 Å². The molecule has 2 aromatic carbocycles. The largest absolute Gasteiger partial charge is 0.494 e. The van der Waals surface area contributed by atoms with Crippen molar-refractivity contribution >= 4 is 11.6 Å². The molecule has 1 atom stereocenters. The highest BCUT2D eigenvalue weighted by molar-refractivity contribution is 6.30. The van der Waals surface area contributed by atoms with Crippen LogP contribution in [0.5, 0.6) is 5.75 Å². The van der Waals surface area contributed by atoms with E-state index in [-0.39, 0.29) is 17.3 Å². The summed E-state index contributed by atoms with van der Waals surface area (Å²) in [5, 5.41) is 13.0. The summed E-state index contributed by atoms with van der Waals surface area (Å²) in [6.07, 6.45) is -0.880. The number of halogens is 3. The molecule has 0 bridgehead atoms. The number of aliphatic hydroxyl groups is 1. The number of aliphatic hydroxyl groups excluding tert-OH is 1. The Hall–Kier alpha value is -1.69. The van der Waals surface area contributed by atoms with E-state index in [0.29, 0.717) is 17.7 Å². The van der Waals surface area contributed by atoms with Gasteiger partial charge in [0.2, 0.25) is 0 Å². The average molecular weight is 328 g/mol. The number of methoxy groups -OCH3 is 1. The van der Waals surface area contributed by atoms with Gasteiger partial charge in [0.15, 0.2) is 11.6 Å². The third-order valence-corrected chi connectivity index (χ3v) is 3.52. The molecule has 1 unspecified atom stereocenters. The molecule has 0 radical (unpaired) electrons. The van der Waals surface area contributed by atoms with Crippen molar-refractivity contribution < 1.29 is 18.6 Å². The predicted molar refractivity (Wildman–Crippen MR) is 81.0 cm³/mol. The van der Waals surface area contributed by atoms with E-state index in [9.17, 15) is 13.9 Å². The van der Waals surface area contributed by atoms with Crippen molar-refractivity contribution in [3.63, 3.8) is 0 Å². The summed E-state index contributed by atoms with van der Waals surface area (Å²) >= 11 is 5.59. The summed E-state index contributed by atoms with van der Waals surface area (Å²) in [6, 6.07) is 8.78. The Morgan fingerprint density at radius 3 is 2.59 bits per heavy atom. The van der Waals surface area contributed by atoms with Gasteiger partial charge in [-0.3, -0.25) is 0 Å². The van der Waals surface area contributed by atoms with Gasteiger partial charge >= 0.3 is 0 Å². The molecule has 0 fully saturated rings. The highest BCUT2D eigenvalue weighted by Gasteiger charge is 2.10. The Labute approximate surface area is 132 Å². The maximum atomic E-state index is 13.5. The van der Waals surface area contributed by atoms with Crippen molar-refractivity contribution in [2.24, 2.45) is 0 Å². The molecule has 2 N–H and O–H groups in total. The first-order valence-corrected chi connectivity index (χ1v) is 7.05. The first-order valence-electron chi connectivity index (χ1n) is 6.67. The minimum Gasteiger partial charge on any atom is -0.494 e. The van der Waals surface area contributed by atoms with Crippen molar-refractivity contribution in [1.82, 2.24) is 5.32 Å². The van der Waals surface area contributed by atoms with Crippen molar-refractivity contribution in [1.29, 1.82) is 0 Å². The summed E-state index contributed by atoms with van der Waals surface area (Å²) < 4.78 is 31.7. The lowest BCUT2D eigenvalue weighted by Crippen LogP contribution is -2.21. The van der Waals surface area contributed by atoms with Gasteiger partial charge in [0, 0.05) is 13.1 Å². The molecule has 0 saturated heterocycles. The van der Waals surface area contributed by atoms with E-state index in [4.69, 9.17) is 16.3 Å². The monoisotopic (exact) mass is 327 g/mol. The van der Waals surface area contributed by atoms with Gasteiger partial charge in [-0.1, -0.05) is 23.7 Å². The van der Waals surface area contributed by atoms with E-state index < -0.39 is 17.7 Å². The van der Waals surface area contributed by atoms with Crippen molar-refractivity contribution in [2.45, 2.75) is 12.6 Å². The summed E-state index contributed by atoms with van der Waals surface area (Å²) in [7, 11) is 1.40. The van der Waals surface area contributed by atoms with E-state index in [0.717, 1.165) is 0 Å². The normalized spacial score (nSPS) is 12.2. The van der Waals surface area contributed by atoms with Crippen LogP contribution in [0.3, 0.4) is 0 Å². The summed E-state index contributed by atoms with van der Waals surface area (Å²) in [4.78, 5) is 0. The Bertz CT molecular complexity index is 652. The molecule has 0 aliphatic heterocycles. The van der Waals surface area contributed by atoms with Crippen LogP contribution in [0.2, 0.25) is 5.02 Å². The van der Waals surface area contributed by atoms with Gasteiger partial charge in [0.05, 0.1) is 18.2 Å². The molecule has 0 aliphatic rings. The zero-order chi connectivity index (χ0) is 16.1. The SMILES string of the molecule is COc1ccc(CNCC(O)c2ccc(Cl)c(F)c2)cc1F. The molecule has 0 heterocycles. The maximum absolute atomic E-state index is 13.5. The van der Waals surface area contributed by atoms with Gasteiger partial charge in [-0.25, -0.2) is 8.78 Å². The summed E-state index contributed by atoms with van der Waals surface area (Å²) in [5.41, 5.74) is 1.14. The third kappa shape index (κ3) is 4.16. The van der Waals surface area contributed by atoms with Crippen LogP contribution >= 0.6 is 11.6 Å². The lowest BCUT2D eigenvalue weighted by Gasteiger charge is -2.13. The molecule has 0 saturated carbocycles. The highest BCUT2D eigenvalue weighted by atomic mass is 35.5. The molecule has 6 heteroatoms. The van der Waals surface area contributed by atoms with Crippen LogP contribution in [0.15, 0.2) is 36.4 Å². The van der Waals surface area contributed by atoms with E-state index in [1.165, 1.54) is 31.4 Å². The fraction of sp³-hybridized carbons (Fsp3) is 0.250. The Kier molecular flexibility index (Phi) is 5.71. The highest BCUT2D eigenvalue weighted by Crippen LogP contribution is 2.20. The zero-order valence-corrected chi connectivity index (χ0v) is 12.7. The maximum Gasteiger partial charge on any atom is 0.165 e. The van der Waals surface area contributed by atoms with Gasteiger partial charge in [0.25, 0.3) is 0 Å². The fourth-order valence-electron chi connectivity index (χ4n) is 2.01. The molecule has 0 aromatic heterocycles. The lowest BCUT2D eigenvalue weighted by atomic mass is 10.1. The zero-order valence-electron chi connectivity index (χ0n) is 11.9. The molecular weight excluding hydrogens is 312 g/mol. The molecule has 22 heavy (non-hydrogen) atoms. The van der Waals surface area contributed by atoms with Crippen LogP contribution in [0, 0.1) is 11.6 Å². The predicted octanol–water partition coefficient (Wildman–Crippen LogP) is 3.45. The van der Waals surface area contributed by atoms with E-state index in [1.54, 1.807) is 12.1 Å². The van der Waals surface area contributed by atoms with Gasteiger partial charge in [-0.15, -0.1) is 0 Å². The fourth-order valence-corrected chi connectivity index (χ4v) is 2.13. The quantitative estimate of drug-likeness (QED) is 0.854. The van der Waals surface area contributed by atoms with E-state index in [1.807, 2.05) is 0 Å². The first-order chi connectivity index (χ1) is 10.5. The van der Waals surface area contributed by atoms with Crippen LogP contribution in [0.25, 0.3) is 0 Å². The second-order valence-corrected chi connectivity index (χ2v) is 5.20. The molecule has 118 valence electrons. The molecule has 0 spiro atoms. The van der Waals surface area contributed by atoms with Crippen LogP contribution in [-0.2, 0) is 6.54 Å². The Morgan fingerprint density at radius 1 is 1.18 bits per heavy atom. The second-order valence-electron chi connectivity index (χ2n) is 4.79. The van der Waals surface area contributed by atoms with Gasteiger partial charge < -0.3 is 15.2 Å². The van der Waals surface area contributed by atoms with Crippen molar-refractivity contribution in [3.05, 3.63) is 64.2 Å². The smallest absolute Gasteiger partial charge is 0.165 e. The summed E-state index contributed by atoms with van der Waals surface area (Å²) in [6.45, 7) is 0.572. The molecule has 0 amide bonds. The van der Waals surface area contributed by atoms with Crippen molar-refractivity contribution in [2.75, 3.05) is 13.7 Å². The number of benzene rings is 2.